The Labute approximate surface area is 103 Å². The normalized spacial score (nSPS) is 33.8. The lowest BCUT2D eigenvalue weighted by atomic mass is 9.84. The molecule has 0 aliphatic carbocycles. The van der Waals surface area contributed by atoms with Gasteiger partial charge >= 0.3 is 6.18 Å². The Hall–Kier alpha value is -0.820. The zero-order valence-corrected chi connectivity index (χ0v) is 10.2. The highest BCUT2D eigenvalue weighted by Gasteiger charge is 2.62. The third-order valence-electron chi connectivity index (χ3n) is 3.74. The van der Waals surface area contributed by atoms with E-state index in [4.69, 9.17) is 4.74 Å². The third kappa shape index (κ3) is 2.09. The fourth-order valence-corrected chi connectivity index (χ4v) is 2.54. The summed E-state index contributed by atoms with van der Waals surface area (Å²) in [5, 5.41) is 2.66. The first-order valence-electron chi connectivity index (χ1n) is 6.05. The molecule has 0 aromatic carbocycles. The summed E-state index contributed by atoms with van der Waals surface area (Å²) in [4.78, 5) is 13.6. The first kappa shape index (κ1) is 13.6. The minimum absolute atomic E-state index is 0.181. The highest BCUT2D eigenvalue weighted by Crippen LogP contribution is 2.44. The van der Waals surface area contributed by atoms with Crippen molar-refractivity contribution < 1.29 is 22.7 Å². The van der Waals surface area contributed by atoms with Gasteiger partial charge in [0.05, 0.1) is 19.3 Å². The molecule has 1 N–H and O–H groups in total. The largest absolute Gasteiger partial charge is 0.404 e. The quantitative estimate of drug-likeness (QED) is 0.762. The Kier molecular flexibility index (Phi) is 3.55. The van der Waals surface area contributed by atoms with E-state index in [2.05, 4.69) is 5.32 Å². The molecule has 2 aliphatic rings. The molecule has 0 spiro atoms. The van der Waals surface area contributed by atoms with Crippen LogP contribution < -0.4 is 5.32 Å². The number of nitrogens with zero attached hydrogens (tertiary/aromatic N) is 1. The molecule has 4 nitrogen and oxygen atoms in total. The van der Waals surface area contributed by atoms with Crippen LogP contribution in [0, 0.1) is 5.41 Å². The number of hydrogen-bond acceptors (Lipinski definition) is 3. The van der Waals surface area contributed by atoms with E-state index < -0.39 is 17.5 Å². The van der Waals surface area contributed by atoms with Gasteiger partial charge in [-0.2, -0.15) is 13.2 Å². The van der Waals surface area contributed by atoms with Crippen LogP contribution in [0.15, 0.2) is 0 Å². The van der Waals surface area contributed by atoms with Gasteiger partial charge in [-0.3, -0.25) is 4.79 Å². The predicted molar refractivity (Wildman–Crippen MR) is 58.0 cm³/mol. The van der Waals surface area contributed by atoms with Crippen LogP contribution in [-0.4, -0.2) is 55.9 Å². The van der Waals surface area contributed by atoms with Crippen molar-refractivity contribution in [2.45, 2.75) is 25.6 Å². The lowest BCUT2D eigenvalue weighted by Gasteiger charge is -2.40. The average molecular weight is 266 g/mol. The molecule has 2 saturated heterocycles. The number of morpholine rings is 1. The fourth-order valence-electron chi connectivity index (χ4n) is 2.54. The van der Waals surface area contributed by atoms with Crippen LogP contribution in [0.5, 0.6) is 0 Å². The molecule has 0 aromatic rings. The van der Waals surface area contributed by atoms with E-state index in [1.165, 1.54) is 4.90 Å². The van der Waals surface area contributed by atoms with Crippen molar-refractivity contribution in [1.82, 2.24) is 10.2 Å². The van der Waals surface area contributed by atoms with Gasteiger partial charge in [-0.25, -0.2) is 0 Å². The molecule has 2 unspecified atom stereocenters. The van der Waals surface area contributed by atoms with E-state index in [9.17, 15) is 18.0 Å². The van der Waals surface area contributed by atoms with Crippen LogP contribution >= 0.6 is 0 Å². The number of amides is 1. The highest BCUT2D eigenvalue weighted by atomic mass is 19.4. The maximum absolute atomic E-state index is 13.2. The van der Waals surface area contributed by atoms with Crippen molar-refractivity contribution in [1.29, 1.82) is 0 Å². The van der Waals surface area contributed by atoms with Crippen molar-refractivity contribution in [2.75, 3.05) is 32.8 Å². The molecule has 0 radical (unpaired) electrons. The summed E-state index contributed by atoms with van der Waals surface area (Å²) in [5.41, 5.74) is -2.25. The maximum Gasteiger partial charge on any atom is 0.404 e. The smallest absolute Gasteiger partial charge is 0.377 e. The first-order valence-corrected chi connectivity index (χ1v) is 6.05. The van der Waals surface area contributed by atoms with Gasteiger partial charge in [0.15, 0.2) is 5.41 Å². The van der Waals surface area contributed by atoms with E-state index >= 15 is 0 Å². The monoisotopic (exact) mass is 266 g/mol. The second-order valence-electron chi connectivity index (χ2n) is 4.93. The number of hydrogen-bond donors (Lipinski definition) is 1. The van der Waals surface area contributed by atoms with E-state index in [-0.39, 0.29) is 32.1 Å². The molecule has 2 rings (SSSR count). The van der Waals surface area contributed by atoms with Crippen LogP contribution in [0.2, 0.25) is 0 Å². The molecule has 18 heavy (non-hydrogen) atoms. The van der Waals surface area contributed by atoms with Crippen molar-refractivity contribution in [3.8, 4) is 0 Å². The van der Waals surface area contributed by atoms with E-state index in [1.54, 1.807) is 6.92 Å². The molecule has 0 aromatic heterocycles. The third-order valence-corrected chi connectivity index (χ3v) is 3.74. The van der Waals surface area contributed by atoms with Gasteiger partial charge < -0.3 is 15.0 Å². The van der Waals surface area contributed by atoms with Gasteiger partial charge in [0.25, 0.3) is 0 Å². The molecule has 0 bridgehead atoms. The van der Waals surface area contributed by atoms with E-state index in [0.29, 0.717) is 13.2 Å². The summed E-state index contributed by atoms with van der Waals surface area (Å²) in [7, 11) is 0. The summed E-state index contributed by atoms with van der Waals surface area (Å²) in [6.07, 6.45) is -4.69. The van der Waals surface area contributed by atoms with Crippen LogP contribution in [0.4, 0.5) is 13.2 Å². The molecular weight excluding hydrogens is 249 g/mol. The van der Waals surface area contributed by atoms with Crippen molar-refractivity contribution in [2.24, 2.45) is 5.41 Å². The first-order chi connectivity index (χ1) is 8.38. The Morgan fingerprint density at radius 2 is 2.22 bits per heavy atom. The summed E-state index contributed by atoms with van der Waals surface area (Å²) in [6, 6.07) is -0.300. The van der Waals surface area contributed by atoms with Gasteiger partial charge in [0.1, 0.15) is 0 Å². The Morgan fingerprint density at radius 3 is 2.72 bits per heavy atom. The fraction of sp³-hybridized carbons (Fsp3) is 0.909. The number of carbonyl (C=O) groups is 1. The van der Waals surface area contributed by atoms with Gasteiger partial charge in [0, 0.05) is 13.1 Å². The summed E-state index contributed by atoms with van der Waals surface area (Å²) < 4.78 is 44.8. The summed E-state index contributed by atoms with van der Waals surface area (Å²) in [5.74, 6) is -0.809. The lowest BCUT2D eigenvalue weighted by molar-refractivity contribution is -0.224. The van der Waals surface area contributed by atoms with Gasteiger partial charge in [0.2, 0.25) is 5.91 Å². The molecule has 104 valence electrons. The zero-order valence-electron chi connectivity index (χ0n) is 10.2. The number of nitrogens with one attached hydrogen (secondary N) is 1. The van der Waals surface area contributed by atoms with Crippen LogP contribution in [-0.2, 0) is 9.53 Å². The van der Waals surface area contributed by atoms with Crippen molar-refractivity contribution in [3.63, 3.8) is 0 Å². The molecule has 2 fully saturated rings. The van der Waals surface area contributed by atoms with Gasteiger partial charge in [-0.15, -0.1) is 0 Å². The molecule has 2 heterocycles. The SMILES string of the molecule is CC1COCCN1C(=O)C1(C(F)(F)F)CCNC1. The minimum atomic E-state index is -4.51. The predicted octanol–water partition coefficient (Wildman–Crippen LogP) is 0.776. The molecule has 2 atom stereocenters. The number of ether oxygens (including phenoxy) is 1. The summed E-state index contributed by atoms with van der Waals surface area (Å²) >= 11 is 0. The minimum Gasteiger partial charge on any atom is -0.377 e. The molecule has 1 amide bonds. The number of rotatable bonds is 1. The van der Waals surface area contributed by atoms with E-state index in [1.807, 2.05) is 0 Å². The van der Waals surface area contributed by atoms with Crippen molar-refractivity contribution in [3.05, 3.63) is 0 Å². The van der Waals surface area contributed by atoms with Crippen LogP contribution in [0.1, 0.15) is 13.3 Å². The van der Waals surface area contributed by atoms with Gasteiger partial charge in [-0.05, 0) is 19.9 Å². The molecule has 2 aliphatic heterocycles. The second kappa shape index (κ2) is 4.70. The topological polar surface area (TPSA) is 41.6 Å². The van der Waals surface area contributed by atoms with Crippen LogP contribution in [0.25, 0.3) is 0 Å². The molecule has 0 saturated carbocycles. The van der Waals surface area contributed by atoms with Crippen molar-refractivity contribution >= 4 is 5.91 Å². The number of carbonyl (C=O) groups excluding carboxylic acids is 1. The zero-order chi connectivity index (χ0) is 13.4. The molecule has 7 heteroatoms. The Balaban J connectivity index is 2.23. The molecular formula is C11H17F3N2O2. The number of alkyl halides is 3. The maximum atomic E-state index is 13.2. The highest BCUT2D eigenvalue weighted by molar-refractivity contribution is 5.84. The number of halogens is 3. The Morgan fingerprint density at radius 1 is 1.50 bits per heavy atom. The van der Waals surface area contributed by atoms with Gasteiger partial charge in [-0.1, -0.05) is 0 Å². The lowest BCUT2D eigenvalue weighted by Crippen LogP contribution is -2.58. The van der Waals surface area contributed by atoms with E-state index in [0.717, 1.165) is 0 Å². The standard InChI is InChI=1S/C11H17F3N2O2/c1-8-6-18-5-4-16(8)9(17)10(11(12,13)14)2-3-15-7-10/h8,15H,2-7H2,1H3. The Bertz CT molecular complexity index is 327. The average Bonchev–Trinajstić information content (AvgIpc) is 2.78. The summed E-state index contributed by atoms with van der Waals surface area (Å²) in [6.45, 7) is 2.45. The second-order valence-corrected chi connectivity index (χ2v) is 4.93. The van der Waals surface area contributed by atoms with Crippen LogP contribution in [0.3, 0.4) is 0 Å².